The number of thioether (sulfide) groups is 1. The van der Waals surface area contributed by atoms with Crippen molar-refractivity contribution in [3.05, 3.63) is 57.1 Å². The van der Waals surface area contributed by atoms with Crippen LogP contribution < -0.4 is 5.32 Å². The zero-order valence-electron chi connectivity index (χ0n) is 11.1. The number of thiophene rings is 1. The van der Waals surface area contributed by atoms with Gasteiger partial charge in [-0.3, -0.25) is 4.79 Å². The maximum atomic E-state index is 11.9. The Hall–Kier alpha value is -2.38. The first-order valence-corrected chi connectivity index (χ1v) is 7.98. The monoisotopic (exact) mass is 330 g/mol. The summed E-state index contributed by atoms with van der Waals surface area (Å²) in [5, 5.41) is 14.0. The number of benzene rings is 1. The number of rotatable bonds is 3. The van der Waals surface area contributed by atoms with Crippen LogP contribution in [0.3, 0.4) is 0 Å². The number of hydrogen-bond donors (Lipinski definition) is 2. The summed E-state index contributed by atoms with van der Waals surface area (Å²) in [6.45, 7) is 0. The second-order valence-electron chi connectivity index (χ2n) is 4.35. The molecule has 110 valence electrons. The van der Waals surface area contributed by atoms with Crippen LogP contribution in [0, 0.1) is 0 Å². The predicted octanol–water partition coefficient (Wildman–Crippen LogP) is 3.34. The molecular formula is C15H10N2O3S2. The van der Waals surface area contributed by atoms with Gasteiger partial charge in [-0.1, -0.05) is 6.07 Å². The van der Waals surface area contributed by atoms with Crippen LogP contribution in [0.1, 0.15) is 15.2 Å². The van der Waals surface area contributed by atoms with E-state index in [4.69, 9.17) is 5.11 Å². The molecule has 0 saturated carbocycles. The number of carboxylic acid groups (broad SMARTS) is 1. The molecule has 2 heterocycles. The number of hydrogen-bond acceptors (Lipinski definition) is 5. The molecule has 2 aromatic rings. The zero-order chi connectivity index (χ0) is 15.5. The predicted molar refractivity (Wildman–Crippen MR) is 88.5 cm³/mol. The summed E-state index contributed by atoms with van der Waals surface area (Å²) >= 11 is 2.82. The standard InChI is InChI=1S/C15H10N2O3S2/c18-13-12(8-11-2-1-7-21-11)22-15(17-13)16-10-5-3-9(4-6-10)14(19)20/h1-8H,(H,19,20)(H,16,17,18). The molecule has 2 N–H and O–H groups in total. The minimum Gasteiger partial charge on any atom is -0.478 e. The van der Waals surface area contributed by atoms with Crippen LogP contribution in [0.2, 0.25) is 0 Å². The third-order valence-corrected chi connectivity index (χ3v) is 4.54. The first kappa shape index (κ1) is 14.6. The third kappa shape index (κ3) is 3.26. The summed E-state index contributed by atoms with van der Waals surface area (Å²) in [4.78, 5) is 28.6. The summed E-state index contributed by atoms with van der Waals surface area (Å²) in [6, 6.07) is 10.0. The van der Waals surface area contributed by atoms with Gasteiger partial charge < -0.3 is 10.4 Å². The van der Waals surface area contributed by atoms with Crippen molar-refractivity contribution in [2.45, 2.75) is 0 Å². The van der Waals surface area contributed by atoms with Crippen LogP contribution in [-0.2, 0) is 4.79 Å². The molecule has 3 rings (SSSR count). The third-order valence-electron chi connectivity index (χ3n) is 2.81. The van der Waals surface area contributed by atoms with Gasteiger partial charge in [-0.25, -0.2) is 9.79 Å². The first-order chi connectivity index (χ1) is 10.6. The molecule has 5 nitrogen and oxygen atoms in total. The first-order valence-electron chi connectivity index (χ1n) is 6.28. The highest BCUT2D eigenvalue weighted by Crippen LogP contribution is 2.29. The van der Waals surface area contributed by atoms with E-state index in [2.05, 4.69) is 10.3 Å². The van der Waals surface area contributed by atoms with E-state index in [9.17, 15) is 9.59 Å². The lowest BCUT2D eigenvalue weighted by Crippen LogP contribution is -2.19. The number of nitrogens with zero attached hydrogens (tertiary/aromatic N) is 1. The average Bonchev–Trinajstić information content (AvgIpc) is 3.11. The van der Waals surface area contributed by atoms with Gasteiger partial charge in [-0.2, -0.15) is 0 Å². The molecular weight excluding hydrogens is 320 g/mol. The molecule has 1 amide bonds. The molecule has 22 heavy (non-hydrogen) atoms. The van der Waals surface area contributed by atoms with E-state index in [1.165, 1.54) is 23.9 Å². The van der Waals surface area contributed by atoms with E-state index in [1.54, 1.807) is 23.5 Å². The van der Waals surface area contributed by atoms with Crippen LogP contribution in [0.5, 0.6) is 0 Å². The van der Waals surface area contributed by atoms with Crippen molar-refractivity contribution in [2.24, 2.45) is 4.99 Å². The molecule has 1 aromatic carbocycles. The number of carbonyl (C=O) groups excluding carboxylic acids is 1. The van der Waals surface area contributed by atoms with Gasteiger partial charge in [0.25, 0.3) is 5.91 Å². The molecule has 0 radical (unpaired) electrons. The molecule has 0 spiro atoms. The Balaban J connectivity index is 1.79. The highest BCUT2D eigenvalue weighted by atomic mass is 32.2. The maximum absolute atomic E-state index is 11.9. The minimum atomic E-state index is -0.982. The average molecular weight is 330 g/mol. The quantitative estimate of drug-likeness (QED) is 0.846. The van der Waals surface area contributed by atoms with E-state index < -0.39 is 5.97 Å². The molecule has 0 atom stereocenters. The minimum absolute atomic E-state index is 0.181. The van der Waals surface area contributed by atoms with Crippen molar-refractivity contribution in [1.29, 1.82) is 0 Å². The summed E-state index contributed by atoms with van der Waals surface area (Å²) in [5.41, 5.74) is 0.788. The Morgan fingerprint density at radius 3 is 2.64 bits per heavy atom. The summed E-state index contributed by atoms with van der Waals surface area (Å²) < 4.78 is 0. The molecule has 0 bridgehead atoms. The van der Waals surface area contributed by atoms with Crippen LogP contribution in [0.4, 0.5) is 5.69 Å². The fourth-order valence-electron chi connectivity index (χ4n) is 1.78. The normalized spacial score (nSPS) is 17.9. The van der Waals surface area contributed by atoms with E-state index in [0.29, 0.717) is 15.8 Å². The number of nitrogens with one attached hydrogen (secondary N) is 1. The summed E-state index contributed by atoms with van der Waals surface area (Å²) in [5.74, 6) is -1.16. The number of aliphatic imine (C=N–C) groups is 1. The van der Waals surface area contributed by atoms with Crippen molar-refractivity contribution >= 4 is 51.9 Å². The Morgan fingerprint density at radius 2 is 2.00 bits per heavy atom. The Kier molecular flexibility index (Phi) is 4.08. The zero-order valence-corrected chi connectivity index (χ0v) is 12.8. The maximum Gasteiger partial charge on any atom is 0.335 e. The van der Waals surface area contributed by atoms with E-state index in [0.717, 1.165) is 4.88 Å². The van der Waals surface area contributed by atoms with Gasteiger partial charge in [0.2, 0.25) is 0 Å². The van der Waals surface area contributed by atoms with Crippen LogP contribution in [-0.4, -0.2) is 22.2 Å². The lowest BCUT2D eigenvalue weighted by Gasteiger charge is -1.97. The molecule has 0 unspecified atom stereocenters. The molecule has 1 aliphatic rings. The smallest absolute Gasteiger partial charge is 0.335 e. The largest absolute Gasteiger partial charge is 0.478 e. The van der Waals surface area contributed by atoms with E-state index >= 15 is 0 Å². The molecule has 1 aliphatic heterocycles. The van der Waals surface area contributed by atoms with Gasteiger partial charge in [0, 0.05) is 4.88 Å². The highest BCUT2D eigenvalue weighted by molar-refractivity contribution is 8.18. The van der Waals surface area contributed by atoms with Crippen molar-refractivity contribution in [1.82, 2.24) is 5.32 Å². The molecule has 7 heteroatoms. The lowest BCUT2D eigenvalue weighted by atomic mass is 10.2. The summed E-state index contributed by atoms with van der Waals surface area (Å²) in [6.07, 6.45) is 1.82. The Bertz CT molecular complexity index is 778. The fraction of sp³-hybridized carbons (Fsp3) is 0. The Labute approximate surface area is 134 Å². The number of carbonyl (C=O) groups is 2. The van der Waals surface area contributed by atoms with Gasteiger partial charge in [0.05, 0.1) is 16.2 Å². The Morgan fingerprint density at radius 1 is 1.23 bits per heavy atom. The van der Waals surface area contributed by atoms with Crippen molar-refractivity contribution in [2.75, 3.05) is 0 Å². The van der Waals surface area contributed by atoms with Crippen molar-refractivity contribution < 1.29 is 14.7 Å². The topological polar surface area (TPSA) is 78.8 Å². The fourth-order valence-corrected chi connectivity index (χ4v) is 3.34. The van der Waals surface area contributed by atoms with E-state index in [1.807, 2.05) is 23.6 Å². The van der Waals surface area contributed by atoms with Crippen LogP contribution in [0.15, 0.2) is 51.7 Å². The summed E-state index contributed by atoms with van der Waals surface area (Å²) in [7, 11) is 0. The SMILES string of the molecule is O=C1NC(=Nc2ccc(C(=O)O)cc2)SC1=Cc1cccs1. The van der Waals surface area contributed by atoms with Crippen LogP contribution in [0.25, 0.3) is 6.08 Å². The van der Waals surface area contributed by atoms with Gasteiger partial charge >= 0.3 is 5.97 Å². The van der Waals surface area contributed by atoms with E-state index in [-0.39, 0.29) is 11.5 Å². The second kappa shape index (κ2) is 6.17. The number of amidine groups is 1. The van der Waals surface area contributed by atoms with Gasteiger partial charge in [-0.05, 0) is 53.5 Å². The number of aromatic carboxylic acids is 1. The van der Waals surface area contributed by atoms with Crippen molar-refractivity contribution in [3.63, 3.8) is 0 Å². The molecule has 1 saturated heterocycles. The number of amides is 1. The molecule has 1 fully saturated rings. The molecule has 0 aliphatic carbocycles. The molecule has 1 aromatic heterocycles. The van der Waals surface area contributed by atoms with Gasteiger partial charge in [0.15, 0.2) is 5.17 Å². The van der Waals surface area contributed by atoms with Gasteiger partial charge in [0.1, 0.15) is 0 Å². The van der Waals surface area contributed by atoms with Crippen LogP contribution >= 0.6 is 23.1 Å². The highest BCUT2D eigenvalue weighted by Gasteiger charge is 2.23. The van der Waals surface area contributed by atoms with Gasteiger partial charge in [-0.15, -0.1) is 11.3 Å². The second-order valence-corrected chi connectivity index (χ2v) is 6.36. The van der Waals surface area contributed by atoms with Crippen molar-refractivity contribution in [3.8, 4) is 0 Å². The lowest BCUT2D eigenvalue weighted by molar-refractivity contribution is -0.115. The number of carboxylic acids is 1.